The summed E-state index contributed by atoms with van der Waals surface area (Å²) in [5.41, 5.74) is 3.91. The molecule has 2 aromatic rings. The Morgan fingerprint density at radius 3 is 2.17 bits per heavy atom. The Morgan fingerprint density at radius 1 is 0.914 bits per heavy atom. The second-order valence-corrected chi connectivity index (χ2v) is 9.72. The number of carbonyl (C=O) groups excluding carboxylic acids is 1. The SMILES string of the molecule is Cc1ccc(NC2CCN(C(=O)CCN3CCN(c4ccc(C(F)(F)F)cc4)CC3)CC2)cc1C. The maximum Gasteiger partial charge on any atom is 0.416 e. The average Bonchev–Trinajstić information content (AvgIpc) is 2.85. The molecule has 4 rings (SSSR count). The number of benzene rings is 2. The molecule has 0 radical (unpaired) electrons. The zero-order valence-corrected chi connectivity index (χ0v) is 20.6. The number of amides is 1. The summed E-state index contributed by atoms with van der Waals surface area (Å²) in [6, 6.07) is 12.2. The van der Waals surface area contributed by atoms with Crippen molar-refractivity contribution in [2.45, 2.75) is 45.3 Å². The zero-order valence-electron chi connectivity index (χ0n) is 20.6. The number of alkyl halides is 3. The summed E-state index contributed by atoms with van der Waals surface area (Å²) in [4.78, 5) is 19.1. The lowest BCUT2D eigenvalue weighted by molar-refractivity contribution is -0.137. The lowest BCUT2D eigenvalue weighted by atomic mass is 10.0. The van der Waals surface area contributed by atoms with Crippen molar-refractivity contribution in [3.05, 3.63) is 59.2 Å². The molecule has 0 bridgehead atoms. The number of hydrogen-bond donors (Lipinski definition) is 1. The first-order valence-corrected chi connectivity index (χ1v) is 12.5. The number of carbonyl (C=O) groups is 1. The highest BCUT2D eigenvalue weighted by atomic mass is 19.4. The average molecular weight is 489 g/mol. The fourth-order valence-electron chi connectivity index (χ4n) is 4.84. The monoisotopic (exact) mass is 488 g/mol. The van der Waals surface area contributed by atoms with Crippen molar-refractivity contribution in [1.82, 2.24) is 9.80 Å². The Labute approximate surface area is 205 Å². The Bertz CT molecular complexity index is 992. The predicted molar refractivity (Wildman–Crippen MR) is 134 cm³/mol. The van der Waals surface area contributed by atoms with Gasteiger partial charge in [-0.3, -0.25) is 9.69 Å². The molecule has 0 atom stereocenters. The van der Waals surface area contributed by atoms with Crippen LogP contribution >= 0.6 is 0 Å². The molecule has 2 heterocycles. The molecule has 2 aliphatic rings. The molecular weight excluding hydrogens is 453 g/mol. The minimum Gasteiger partial charge on any atom is -0.382 e. The molecule has 0 aromatic heterocycles. The van der Waals surface area contributed by atoms with Crippen molar-refractivity contribution in [3.8, 4) is 0 Å². The van der Waals surface area contributed by atoms with E-state index in [2.05, 4.69) is 47.2 Å². The zero-order chi connectivity index (χ0) is 25.0. The number of anilines is 2. The first kappa shape index (κ1) is 25.4. The van der Waals surface area contributed by atoms with Gasteiger partial charge in [-0.1, -0.05) is 6.07 Å². The number of hydrogen-bond acceptors (Lipinski definition) is 4. The topological polar surface area (TPSA) is 38.8 Å². The highest BCUT2D eigenvalue weighted by Crippen LogP contribution is 2.30. The maximum atomic E-state index is 12.8. The quantitative estimate of drug-likeness (QED) is 0.626. The van der Waals surface area contributed by atoms with Gasteiger partial charge in [-0.2, -0.15) is 13.2 Å². The number of likely N-dealkylation sites (tertiary alicyclic amines) is 1. The van der Waals surface area contributed by atoms with Crippen molar-refractivity contribution in [2.75, 3.05) is 56.0 Å². The number of nitrogens with one attached hydrogen (secondary N) is 1. The standard InChI is InChI=1S/C27H35F3N4O/c1-20-3-6-24(19-21(20)2)31-23-9-13-34(14-10-23)26(35)11-12-32-15-17-33(18-16-32)25-7-4-22(5-8-25)27(28,29)30/h3-8,19,23,31H,9-18H2,1-2H3. The number of nitrogens with zero attached hydrogens (tertiary/aromatic N) is 3. The van der Waals surface area contributed by atoms with E-state index in [9.17, 15) is 18.0 Å². The van der Waals surface area contributed by atoms with Crippen molar-refractivity contribution in [1.29, 1.82) is 0 Å². The van der Waals surface area contributed by atoms with Crippen LogP contribution in [0.5, 0.6) is 0 Å². The summed E-state index contributed by atoms with van der Waals surface area (Å²) in [7, 11) is 0. The van der Waals surface area contributed by atoms with Crippen LogP contribution in [-0.4, -0.2) is 67.6 Å². The molecule has 2 aliphatic heterocycles. The molecule has 5 nitrogen and oxygen atoms in total. The molecule has 0 unspecified atom stereocenters. The van der Waals surface area contributed by atoms with Gasteiger partial charge in [-0.25, -0.2) is 0 Å². The smallest absolute Gasteiger partial charge is 0.382 e. The first-order chi connectivity index (χ1) is 16.7. The molecule has 2 aromatic carbocycles. The number of halogens is 3. The molecule has 1 amide bonds. The van der Waals surface area contributed by atoms with Crippen LogP contribution in [0.1, 0.15) is 36.0 Å². The van der Waals surface area contributed by atoms with Gasteiger partial charge in [0, 0.05) is 69.7 Å². The van der Waals surface area contributed by atoms with E-state index in [-0.39, 0.29) is 5.91 Å². The number of piperidine rings is 1. The van der Waals surface area contributed by atoms with Crippen LogP contribution in [0, 0.1) is 13.8 Å². The normalized spacial score (nSPS) is 18.1. The molecule has 8 heteroatoms. The predicted octanol–water partition coefficient (Wildman–Crippen LogP) is 4.94. The molecule has 0 aliphatic carbocycles. The van der Waals surface area contributed by atoms with Crippen LogP contribution < -0.4 is 10.2 Å². The van der Waals surface area contributed by atoms with Gasteiger partial charge >= 0.3 is 6.18 Å². The van der Waals surface area contributed by atoms with Crippen LogP contribution in [0.15, 0.2) is 42.5 Å². The van der Waals surface area contributed by atoms with Gasteiger partial charge in [0.2, 0.25) is 5.91 Å². The largest absolute Gasteiger partial charge is 0.416 e. The van der Waals surface area contributed by atoms with E-state index in [1.54, 1.807) is 12.1 Å². The van der Waals surface area contributed by atoms with E-state index < -0.39 is 11.7 Å². The van der Waals surface area contributed by atoms with Crippen molar-refractivity contribution >= 4 is 17.3 Å². The van der Waals surface area contributed by atoms with Gasteiger partial charge in [0.15, 0.2) is 0 Å². The number of rotatable bonds is 6. The third kappa shape index (κ3) is 6.69. The summed E-state index contributed by atoms with van der Waals surface area (Å²) < 4.78 is 38.3. The summed E-state index contributed by atoms with van der Waals surface area (Å²) in [5, 5.41) is 3.61. The van der Waals surface area contributed by atoms with Gasteiger partial charge in [-0.05, 0) is 74.2 Å². The van der Waals surface area contributed by atoms with Crippen LogP contribution in [0.25, 0.3) is 0 Å². The molecule has 0 spiro atoms. The Hall–Kier alpha value is -2.74. The van der Waals surface area contributed by atoms with Gasteiger partial charge < -0.3 is 15.1 Å². The highest BCUT2D eigenvalue weighted by molar-refractivity contribution is 5.76. The molecular formula is C27H35F3N4O. The van der Waals surface area contributed by atoms with Crippen molar-refractivity contribution in [2.24, 2.45) is 0 Å². The van der Waals surface area contributed by atoms with E-state index in [1.807, 2.05) is 4.90 Å². The molecule has 190 valence electrons. The number of piperazine rings is 1. The maximum absolute atomic E-state index is 12.8. The van der Waals surface area contributed by atoms with E-state index >= 15 is 0 Å². The van der Waals surface area contributed by atoms with Gasteiger partial charge in [-0.15, -0.1) is 0 Å². The lowest BCUT2D eigenvalue weighted by Gasteiger charge is -2.37. The van der Waals surface area contributed by atoms with E-state index in [0.29, 0.717) is 12.5 Å². The fourth-order valence-corrected chi connectivity index (χ4v) is 4.84. The third-order valence-electron chi connectivity index (χ3n) is 7.30. The van der Waals surface area contributed by atoms with Crippen LogP contribution in [0.3, 0.4) is 0 Å². The molecule has 2 saturated heterocycles. The van der Waals surface area contributed by atoms with Crippen LogP contribution in [-0.2, 0) is 11.0 Å². The van der Waals surface area contributed by atoms with E-state index in [4.69, 9.17) is 0 Å². The van der Waals surface area contributed by atoms with E-state index in [0.717, 1.165) is 82.2 Å². The van der Waals surface area contributed by atoms with E-state index in [1.165, 1.54) is 11.1 Å². The minimum atomic E-state index is -4.31. The molecule has 0 saturated carbocycles. The highest BCUT2D eigenvalue weighted by Gasteiger charge is 2.30. The Balaban J connectivity index is 1.16. The Morgan fingerprint density at radius 2 is 1.57 bits per heavy atom. The third-order valence-corrected chi connectivity index (χ3v) is 7.30. The lowest BCUT2D eigenvalue weighted by Crippen LogP contribution is -2.48. The molecule has 1 N–H and O–H groups in total. The molecule has 2 fully saturated rings. The summed E-state index contributed by atoms with van der Waals surface area (Å²) in [5.74, 6) is 0.208. The summed E-state index contributed by atoms with van der Waals surface area (Å²) in [6.45, 7) is 9.61. The minimum absolute atomic E-state index is 0.208. The van der Waals surface area contributed by atoms with Crippen LogP contribution in [0.2, 0.25) is 0 Å². The summed E-state index contributed by atoms with van der Waals surface area (Å²) >= 11 is 0. The van der Waals surface area contributed by atoms with Gasteiger partial charge in [0.1, 0.15) is 0 Å². The second kappa shape index (κ2) is 10.9. The molecule has 35 heavy (non-hydrogen) atoms. The van der Waals surface area contributed by atoms with Gasteiger partial charge in [0.05, 0.1) is 5.56 Å². The number of aryl methyl sites for hydroxylation is 2. The first-order valence-electron chi connectivity index (χ1n) is 12.5. The fraction of sp³-hybridized carbons (Fsp3) is 0.519. The second-order valence-electron chi connectivity index (χ2n) is 9.72. The van der Waals surface area contributed by atoms with Crippen molar-refractivity contribution < 1.29 is 18.0 Å². The van der Waals surface area contributed by atoms with Crippen LogP contribution in [0.4, 0.5) is 24.5 Å². The summed E-state index contributed by atoms with van der Waals surface area (Å²) in [6.07, 6.45) is -1.90. The van der Waals surface area contributed by atoms with Crippen molar-refractivity contribution in [3.63, 3.8) is 0 Å². The Kier molecular flexibility index (Phi) is 7.89. The van der Waals surface area contributed by atoms with Gasteiger partial charge in [0.25, 0.3) is 0 Å².